The van der Waals surface area contributed by atoms with Crippen LogP contribution in [0.25, 0.3) is 0 Å². The van der Waals surface area contributed by atoms with Crippen LogP contribution in [0, 0.1) is 22.7 Å². The molecular weight excluding hydrogens is 252 g/mol. The van der Waals surface area contributed by atoms with Crippen LogP contribution < -0.4 is 0 Å². The van der Waals surface area contributed by atoms with Crippen LogP contribution in [0.4, 0.5) is 0 Å². The summed E-state index contributed by atoms with van der Waals surface area (Å²) in [7, 11) is 0. The minimum Gasteiger partial charge on any atom is -0.192 e. The largest absolute Gasteiger partial charge is 0.192 e. The van der Waals surface area contributed by atoms with Crippen molar-refractivity contribution in [3.63, 3.8) is 0 Å². The fourth-order valence-electron chi connectivity index (χ4n) is 1.66. The zero-order valence-corrected chi connectivity index (χ0v) is 13.3. The summed E-state index contributed by atoms with van der Waals surface area (Å²) >= 11 is 1.64. The zero-order valence-electron chi connectivity index (χ0n) is 12.5. The van der Waals surface area contributed by atoms with Crippen LogP contribution >= 0.6 is 11.8 Å². The van der Waals surface area contributed by atoms with Crippen molar-refractivity contribution in [2.75, 3.05) is 0 Å². The lowest BCUT2D eigenvalue weighted by molar-refractivity contribution is 0.588. The maximum absolute atomic E-state index is 9.31. The Labute approximate surface area is 120 Å². The average molecular weight is 272 g/mol. The van der Waals surface area contributed by atoms with Crippen molar-refractivity contribution in [1.29, 1.82) is 10.5 Å². The molecule has 0 N–H and O–H groups in total. The predicted octanol–water partition coefficient (Wildman–Crippen LogP) is 4.62. The number of benzene rings is 1. The molecule has 0 amide bonds. The van der Waals surface area contributed by atoms with Crippen LogP contribution in [0.2, 0.25) is 0 Å². The fraction of sp³-hybridized carbons (Fsp3) is 0.500. The van der Waals surface area contributed by atoms with Gasteiger partial charge in [-0.05, 0) is 23.1 Å². The molecule has 0 bridgehead atoms. The molecule has 0 atom stereocenters. The van der Waals surface area contributed by atoms with Gasteiger partial charge in [0.1, 0.15) is 12.1 Å². The van der Waals surface area contributed by atoms with E-state index in [9.17, 15) is 10.5 Å². The smallest absolute Gasteiger partial charge is 0.102 e. The zero-order chi connectivity index (χ0) is 14.8. The second-order valence-electron chi connectivity index (χ2n) is 6.58. The molecule has 19 heavy (non-hydrogen) atoms. The van der Waals surface area contributed by atoms with Crippen LogP contribution in [0.1, 0.15) is 58.2 Å². The first-order chi connectivity index (χ1) is 8.58. The van der Waals surface area contributed by atoms with Gasteiger partial charge in [-0.25, -0.2) is 0 Å². The normalized spacial score (nSPS) is 11.8. The predicted molar refractivity (Wildman–Crippen MR) is 80.2 cm³/mol. The van der Waals surface area contributed by atoms with E-state index in [0.29, 0.717) is 11.1 Å². The third-order valence-electron chi connectivity index (χ3n) is 2.62. The topological polar surface area (TPSA) is 47.6 Å². The third kappa shape index (κ3) is 4.01. The van der Waals surface area contributed by atoms with E-state index in [1.807, 2.05) is 6.07 Å². The Balaban J connectivity index is 3.52. The first kappa shape index (κ1) is 15.6. The second kappa shape index (κ2) is 5.27. The minimum absolute atomic E-state index is 0.00876. The Hall–Kier alpha value is -1.45. The van der Waals surface area contributed by atoms with Crippen LogP contribution in [-0.2, 0) is 5.41 Å². The summed E-state index contributed by atoms with van der Waals surface area (Å²) in [4.78, 5) is 0.902. The third-order valence-corrected chi connectivity index (χ3v) is 3.77. The minimum atomic E-state index is -0.0349. The highest BCUT2D eigenvalue weighted by Crippen LogP contribution is 2.38. The molecule has 0 spiro atoms. The van der Waals surface area contributed by atoms with E-state index in [-0.39, 0.29) is 10.2 Å². The second-order valence-corrected chi connectivity index (χ2v) is 8.45. The Bertz CT molecular complexity index is 561. The van der Waals surface area contributed by atoms with Gasteiger partial charge in [0.25, 0.3) is 0 Å². The summed E-state index contributed by atoms with van der Waals surface area (Å²) in [6, 6.07) is 8.21. The van der Waals surface area contributed by atoms with Gasteiger partial charge < -0.3 is 0 Å². The Morgan fingerprint density at radius 2 is 1.53 bits per heavy atom. The van der Waals surface area contributed by atoms with Crippen molar-refractivity contribution in [2.45, 2.75) is 56.6 Å². The Morgan fingerprint density at radius 1 is 0.947 bits per heavy atom. The number of hydrogen-bond donors (Lipinski definition) is 0. The molecule has 100 valence electrons. The van der Waals surface area contributed by atoms with Gasteiger partial charge in [-0.15, -0.1) is 11.8 Å². The van der Waals surface area contributed by atoms with Gasteiger partial charge in [0.15, 0.2) is 0 Å². The molecule has 0 saturated heterocycles. The van der Waals surface area contributed by atoms with Crippen LogP contribution in [0.15, 0.2) is 17.0 Å². The molecule has 1 aromatic carbocycles. The Morgan fingerprint density at radius 3 is 1.89 bits per heavy atom. The molecule has 0 fully saturated rings. The van der Waals surface area contributed by atoms with Crippen molar-refractivity contribution in [3.8, 4) is 12.1 Å². The molecule has 0 aliphatic heterocycles. The highest BCUT2D eigenvalue weighted by Gasteiger charge is 2.22. The summed E-state index contributed by atoms with van der Waals surface area (Å²) in [5, 5.41) is 18.6. The standard InChI is InChI=1S/C16H20N2S/c1-15(2,3)12-7-11(9-17)13(10-18)14(8-12)19-16(4,5)6/h7-8H,1-6H3. The average Bonchev–Trinajstić information content (AvgIpc) is 2.24. The molecule has 1 rings (SSSR count). The Kier molecular flexibility index (Phi) is 4.33. The monoisotopic (exact) mass is 272 g/mol. The molecular formula is C16H20N2S. The lowest BCUT2D eigenvalue weighted by Crippen LogP contribution is -2.13. The summed E-state index contributed by atoms with van der Waals surface area (Å²) < 4.78 is 0.00876. The number of nitrogens with zero attached hydrogens (tertiary/aromatic N) is 2. The van der Waals surface area contributed by atoms with Gasteiger partial charge in [0, 0.05) is 9.64 Å². The summed E-state index contributed by atoms with van der Waals surface area (Å²) in [6.45, 7) is 12.7. The van der Waals surface area contributed by atoms with E-state index < -0.39 is 0 Å². The van der Waals surface area contributed by atoms with Gasteiger partial charge >= 0.3 is 0 Å². The van der Waals surface area contributed by atoms with E-state index in [2.05, 4.69) is 59.7 Å². The van der Waals surface area contributed by atoms with Crippen LogP contribution in [0.3, 0.4) is 0 Å². The highest BCUT2D eigenvalue weighted by atomic mass is 32.2. The van der Waals surface area contributed by atoms with Gasteiger partial charge in [-0.3, -0.25) is 0 Å². The molecule has 0 aliphatic carbocycles. The molecule has 3 heteroatoms. The van der Waals surface area contributed by atoms with Gasteiger partial charge in [-0.2, -0.15) is 10.5 Å². The van der Waals surface area contributed by atoms with E-state index in [1.165, 1.54) is 0 Å². The van der Waals surface area contributed by atoms with Gasteiger partial charge in [0.2, 0.25) is 0 Å². The molecule has 0 aliphatic rings. The number of nitriles is 2. The van der Waals surface area contributed by atoms with Crippen molar-refractivity contribution >= 4 is 11.8 Å². The van der Waals surface area contributed by atoms with Crippen molar-refractivity contribution in [3.05, 3.63) is 28.8 Å². The van der Waals surface area contributed by atoms with Crippen molar-refractivity contribution in [1.82, 2.24) is 0 Å². The van der Waals surface area contributed by atoms with Crippen LogP contribution in [0.5, 0.6) is 0 Å². The summed E-state index contributed by atoms with van der Waals surface area (Å²) in [5.74, 6) is 0. The maximum Gasteiger partial charge on any atom is 0.102 e. The van der Waals surface area contributed by atoms with E-state index in [1.54, 1.807) is 11.8 Å². The van der Waals surface area contributed by atoms with E-state index in [0.717, 1.165) is 10.5 Å². The maximum atomic E-state index is 9.31. The van der Waals surface area contributed by atoms with E-state index >= 15 is 0 Å². The molecule has 2 nitrogen and oxygen atoms in total. The SMILES string of the molecule is CC(C)(C)Sc1cc(C(C)(C)C)cc(C#N)c1C#N. The summed E-state index contributed by atoms with van der Waals surface area (Å²) in [6.07, 6.45) is 0. The molecule has 0 unspecified atom stereocenters. The van der Waals surface area contributed by atoms with Crippen LogP contribution in [-0.4, -0.2) is 4.75 Å². The first-order valence-electron chi connectivity index (χ1n) is 6.26. The number of rotatable bonds is 1. The molecule has 0 saturated carbocycles. The lowest BCUT2D eigenvalue weighted by atomic mass is 9.85. The van der Waals surface area contributed by atoms with Gasteiger partial charge in [0.05, 0.1) is 11.1 Å². The molecule has 0 aromatic heterocycles. The summed E-state index contributed by atoms with van der Waals surface area (Å²) in [5.41, 5.74) is 2.03. The van der Waals surface area contributed by atoms with Crippen molar-refractivity contribution in [2.24, 2.45) is 0 Å². The van der Waals surface area contributed by atoms with E-state index in [4.69, 9.17) is 0 Å². The molecule has 0 radical (unpaired) electrons. The first-order valence-corrected chi connectivity index (χ1v) is 7.08. The number of thioether (sulfide) groups is 1. The molecule has 1 aromatic rings. The van der Waals surface area contributed by atoms with Crippen molar-refractivity contribution < 1.29 is 0 Å². The fourth-order valence-corrected chi connectivity index (χ4v) is 2.77. The highest BCUT2D eigenvalue weighted by molar-refractivity contribution is 8.00. The lowest BCUT2D eigenvalue weighted by Gasteiger charge is -2.24. The van der Waals surface area contributed by atoms with Gasteiger partial charge in [-0.1, -0.05) is 41.5 Å². The quantitative estimate of drug-likeness (QED) is 0.701. The molecule has 0 heterocycles. The number of hydrogen-bond acceptors (Lipinski definition) is 3.